The van der Waals surface area contributed by atoms with E-state index in [1.165, 1.54) is 0 Å². The normalized spacial score (nSPS) is 16.7. The van der Waals surface area contributed by atoms with Gasteiger partial charge in [0.1, 0.15) is 5.75 Å². The molecule has 1 unspecified atom stereocenters. The van der Waals surface area contributed by atoms with Crippen molar-refractivity contribution in [2.24, 2.45) is 5.92 Å². The zero-order valence-electron chi connectivity index (χ0n) is 16.9. The van der Waals surface area contributed by atoms with Gasteiger partial charge in [-0.25, -0.2) is 0 Å². The number of nitrogens with zero attached hydrogens (tertiary/aromatic N) is 1. The third kappa shape index (κ3) is 4.53. The van der Waals surface area contributed by atoms with E-state index < -0.39 is 0 Å². The average Bonchev–Trinajstić information content (AvgIpc) is 3.04. The summed E-state index contributed by atoms with van der Waals surface area (Å²) in [6.45, 7) is 8.52. The third-order valence-electron chi connectivity index (χ3n) is 4.86. The van der Waals surface area contributed by atoms with Crippen molar-refractivity contribution in [2.75, 3.05) is 16.8 Å². The van der Waals surface area contributed by atoms with Crippen LogP contribution >= 0.6 is 0 Å². The molecule has 0 aromatic heterocycles. The Morgan fingerprint density at radius 2 is 1.75 bits per heavy atom. The van der Waals surface area contributed by atoms with E-state index in [4.69, 9.17) is 4.74 Å². The number of anilines is 2. The Hall–Kier alpha value is -2.82. The molecule has 1 fully saturated rings. The Morgan fingerprint density at radius 3 is 2.39 bits per heavy atom. The monoisotopic (exact) mass is 380 g/mol. The number of ether oxygens (including phenoxy) is 1. The van der Waals surface area contributed by atoms with Crippen molar-refractivity contribution in [1.29, 1.82) is 0 Å². The van der Waals surface area contributed by atoms with E-state index in [0.29, 0.717) is 12.5 Å². The minimum absolute atomic E-state index is 0.0326. The predicted molar refractivity (Wildman–Crippen MR) is 112 cm³/mol. The molecule has 0 radical (unpaired) electrons. The van der Waals surface area contributed by atoms with Crippen molar-refractivity contribution in [2.45, 2.75) is 46.1 Å². The minimum Gasteiger partial charge on any atom is -0.491 e. The fourth-order valence-corrected chi connectivity index (χ4v) is 3.46. The smallest absolute Gasteiger partial charge is 0.229 e. The molecule has 0 aliphatic carbocycles. The van der Waals surface area contributed by atoms with Gasteiger partial charge in [0, 0.05) is 24.3 Å². The van der Waals surface area contributed by atoms with E-state index in [-0.39, 0.29) is 30.3 Å². The topological polar surface area (TPSA) is 58.6 Å². The maximum absolute atomic E-state index is 12.8. The van der Waals surface area contributed by atoms with Crippen molar-refractivity contribution in [1.82, 2.24) is 0 Å². The Kier molecular flexibility index (Phi) is 6.02. The van der Waals surface area contributed by atoms with Gasteiger partial charge in [-0.1, -0.05) is 32.0 Å². The van der Waals surface area contributed by atoms with E-state index in [1.807, 2.05) is 62.4 Å². The fourth-order valence-electron chi connectivity index (χ4n) is 3.46. The molecule has 3 rings (SSSR count). The van der Waals surface area contributed by atoms with E-state index >= 15 is 0 Å². The molecule has 5 nitrogen and oxygen atoms in total. The molecule has 5 heteroatoms. The fraction of sp³-hybridized carbons (Fsp3) is 0.391. The zero-order valence-corrected chi connectivity index (χ0v) is 16.9. The Labute approximate surface area is 166 Å². The predicted octanol–water partition coefficient (Wildman–Crippen LogP) is 4.59. The van der Waals surface area contributed by atoms with Gasteiger partial charge in [-0.3, -0.25) is 9.59 Å². The lowest BCUT2D eigenvalue weighted by Crippen LogP contribution is -2.28. The lowest BCUT2D eigenvalue weighted by Gasteiger charge is -2.18. The van der Waals surface area contributed by atoms with E-state index in [1.54, 1.807) is 4.90 Å². The molecule has 148 valence electrons. The van der Waals surface area contributed by atoms with Gasteiger partial charge in [-0.15, -0.1) is 0 Å². The number of carbonyl (C=O) groups excluding carboxylic acids is 2. The number of nitrogens with one attached hydrogen (secondary N) is 1. The van der Waals surface area contributed by atoms with Gasteiger partial charge >= 0.3 is 0 Å². The van der Waals surface area contributed by atoms with Crippen LogP contribution in [0, 0.1) is 5.92 Å². The first-order chi connectivity index (χ1) is 13.3. The summed E-state index contributed by atoms with van der Waals surface area (Å²) in [5, 5.41) is 3.02. The van der Waals surface area contributed by atoms with Gasteiger partial charge in [0.05, 0.1) is 12.0 Å². The molecular formula is C23H28N2O3. The maximum atomic E-state index is 12.8. The summed E-state index contributed by atoms with van der Waals surface area (Å²) in [5.41, 5.74) is 2.71. The van der Waals surface area contributed by atoms with Crippen LogP contribution in [0.4, 0.5) is 11.4 Å². The summed E-state index contributed by atoms with van der Waals surface area (Å²) in [6, 6.07) is 15.3. The van der Waals surface area contributed by atoms with Gasteiger partial charge in [-0.2, -0.15) is 0 Å². The summed E-state index contributed by atoms with van der Waals surface area (Å²) in [5.74, 6) is 0.576. The highest BCUT2D eigenvalue weighted by molar-refractivity contribution is 6.03. The van der Waals surface area contributed by atoms with Gasteiger partial charge in [0.2, 0.25) is 11.8 Å². The Balaban J connectivity index is 1.68. The van der Waals surface area contributed by atoms with E-state index in [0.717, 1.165) is 22.7 Å². The van der Waals surface area contributed by atoms with E-state index in [2.05, 4.69) is 19.2 Å². The maximum Gasteiger partial charge on any atom is 0.229 e. The molecule has 1 saturated heterocycles. The summed E-state index contributed by atoms with van der Waals surface area (Å²) in [7, 11) is 0. The number of carbonyl (C=O) groups is 2. The van der Waals surface area contributed by atoms with Crippen LogP contribution in [-0.2, 0) is 9.59 Å². The van der Waals surface area contributed by atoms with Gasteiger partial charge in [0.15, 0.2) is 0 Å². The molecular weight excluding hydrogens is 352 g/mol. The first-order valence-corrected chi connectivity index (χ1v) is 9.82. The number of para-hydroxylation sites is 1. The second-order valence-electron chi connectivity index (χ2n) is 7.80. The SMILES string of the molecule is CC(C)Oc1ccc(N2CC(C(=O)Nc3ccccc3C(C)C)CC2=O)cc1. The summed E-state index contributed by atoms with van der Waals surface area (Å²) >= 11 is 0. The molecule has 1 aliphatic heterocycles. The van der Waals surface area contributed by atoms with Crippen LogP contribution in [0.25, 0.3) is 0 Å². The molecule has 0 saturated carbocycles. The lowest BCUT2D eigenvalue weighted by molar-refractivity contribution is -0.122. The van der Waals surface area contributed by atoms with Crippen LogP contribution in [0.3, 0.4) is 0 Å². The molecule has 1 N–H and O–H groups in total. The quantitative estimate of drug-likeness (QED) is 0.797. The first-order valence-electron chi connectivity index (χ1n) is 9.82. The van der Waals surface area contributed by atoms with Crippen LogP contribution in [0.1, 0.15) is 45.6 Å². The molecule has 1 aliphatic rings. The van der Waals surface area contributed by atoms with Crippen molar-refractivity contribution in [3.63, 3.8) is 0 Å². The van der Waals surface area contributed by atoms with Gasteiger partial charge < -0.3 is 15.0 Å². The van der Waals surface area contributed by atoms with Crippen molar-refractivity contribution in [3.8, 4) is 5.75 Å². The summed E-state index contributed by atoms with van der Waals surface area (Å²) in [4.78, 5) is 27.0. The summed E-state index contributed by atoms with van der Waals surface area (Å²) < 4.78 is 5.65. The van der Waals surface area contributed by atoms with E-state index in [9.17, 15) is 9.59 Å². The third-order valence-corrected chi connectivity index (χ3v) is 4.86. The highest BCUT2D eigenvalue weighted by atomic mass is 16.5. The first kappa shape index (κ1) is 19.9. The molecule has 0 bridgehead atoms. The highest BCUT2D eigenvalue weighted by Crippen LogP contribution is 2.29. The average molecular weight is 380 g/mol. The molecule has 0 spiro atoms. The number of amides is 2. The van der Waals surface area contributed by atoms with Crippen LogP contribution in [0.2, 0.25) is 0 Å². The van der Waals surface area contributed by atoms with Crippen molar-refractivity contribution in [3.05, 3.63) is 54.1 Å². The molecule has 2 aromatic carbocycles. The van der Waals surface area contributed by atoms with Crippen molar-refractivity contribution < 1.29 is 14.3 Å². The van der Waals surface area contributed by atoms with Crippen molar-refractivity contribution >= 4 is 23.2 Å². The van der Waals surface area contributed by atoms with Crippen LogP contribution < -0.4 is 15.0 Å². The second-order valence-corrected chi connectivity index (χ2v) is 7.80. The van der Waals surface area contributed by atoms with Crippen LogP contribution in [0.15, 0.2) is 48.5 Å². The molecule has 1 atom stereocenters. The number of benzene rings is 2. The Bertz CT molecular complexity index is 843. The minimum atomic E-state index is -0.362. The summed E-state index contributed by atoms with van der Waals surface area (Å²) in [6.07, 6.45) is 0.320. The zero-order chi connectivity index (χ0) is 20.3. The molecule has 2 aromatic rings. The second kappa shape index (κ2) is 8.46. The number of rotatable bonds is 6. The lowest BCUT2D eigenvalue weighted by atomic mass is 10.0. The number of hydrogen-bond acceptors (Lipinski definition) is 3. The number of hydrogen-bond donors (Lipinski definition) is 1. The largest absolute Gasteiger partial charge is 0.491 e. The molecule has 2 amide bonds. The molecule has 28 heavy (non-hydrogen) atoms. The van der Waals surface area contributed by atoms with Gasteiger partial charge in [0.25, 0.3) is 0 Å². The van der Waals surface area contributed by atoms with Crippen LogP contribution in [-0.4, -0.2) is 24.5 Å². The van der Waals surface area contributed by atoms with Crippen LogP contribution in [0.5, 0.6) is 5.75 Å². The highest BCUT2D eigenvalue weighted by Gasteiger charge is 2.35. The molecule has 1 heterocycles. The Morgan fingerprint density at radius 1 is 1.07 bits per heavy atom. The van der Waals surface area contributed by atoms with Gasteiger partial charge in [-0.05, 0) is 55.7 Å². The standard InChI is InChI=1S/C23H28N2O3/c1-15(2)20-7-5-6-8-21(20)24-23(27)17-13-22(26)25(14-17)18-9-11-19(12-10-18)28-16(3)4/h5-12,15-17H,13-14H2,1-4H3,(H,24,27).